The quantitative estimate of drug-likeness (QED) is 0.832. The summed E-state index contributed by atoms with van der Waals surface area (Å²) in [6.07, 6.45) is 3.19. The van der Waals surface area contributed by atoms with Gasteiger partial charge >= 0.3 is 0 Å². The van der Waals surface area contributed by atoms with Crippen molar-refractivity contribution in [3.05, 3.63) is 58.7 Å². The van der Waals surface area contributed by atoms with Crippen LogP contribution in [0.25, 0.3) is 11.6 Å². The monoisotopic (exact) mass is 266 g/mol. The first-order valence-corrected chi connectivity index (χ1v) is 6.75. The standard InChI is InChI=1S/C18H18O2/c1-12-16(19-2)8-9-17(20-3)18(12)15-10-13-6-4-5-7-14(13)11-15/h4-10H,11H2,1-3H3. The van der Waals surface area contributed by atoms with Gasteiger partial charge in [-0.05, 0) is 42.2 Å². The third kappa shape index (κ3) is 1.97. The van der Waals surface area contributed by atoms with Crippen molar-refractivity contribution in [3.8, 4) is 11.5 Å². The largest absolute Gasteiger partial charge is 0.496 e. The Morgan fingerprint density at radius 1 is 0.900 bits per heavy atom. The molecule has 2 nitrogen and oxygen atoms in total. The Morgan fingerprint density at radius 2 is 1.60 bits per heavy atom. The zero-order valence-electron chi connectivity index (χ0n) is 12.1. The average molecular weight is 266 g/mol. The summed E-state index contributed by atoms with van der Waals surface area (Å²) < 4.78 is 11.0. The summed E-state index contributed by atoms with van der Waals surface area (Å²) >= 11 is 0. The summed E-state index contributed by atoms with van der Waals surface area (Å²) in [4.78, 5) is 0. The first-order chi connectivity index (χ1) is 9.74. The predicted octanol–water partition coefficient (Wildman–Crippen LogP) is 4.11. The molecule has 0 saturated carbocycles. The number of ether oxygens (including phenoxy) is 2. The van der Waals surface area contributed by atoms with Crippen molar-refractivity contribution in [2.45, 2.75) is 13.3 Å². The van der Waals surface area contributed by atoms with Crippen molar-refractivity contribution >= 4 is 11.6 Å². The number of benzene rings is 2. The first kappa shape index (κ1) is 12.8. The van der Waals surface area contributed by atoms with E-state index in [1.165, 1.54) is 16.7 Å². The van der Waals surface area contributed by atoms with Gasteiger partial charge in [0.1, 0.15) is 11.5 Å². The van der Waals surface area contributed by atoms with Crippen LogP contribution < -0.4 is 9.47 Å². The van der Waals surface area contributed by atoms with Crippen LogP contribution in [-0.4, -0.2) is 14.2 Å². The molecular weight excluding hydrogens is 248 g/mol. The Balaban J connectivity index is 2.12. The molecule has 20 heavy (non-hydrogen) atoms. The van der Waals surface area contributed by atoms with Gasteiger partial charge in [0, 0.05) is 11.1 Å². The summed E-state index contributed by atoms with van der Waals surface area (Å²) in [5, 5.41) is 0. The lowest BCUT2D eigenvalue weighted by Gasteiger charge is -2.15. The second kappa shape index (κ2) is 5.04. The summed E-state index contributed by atoms with van der Waals surface area (Å²) in [6.45, 7) is 2.08. The Morgan fingerprint density at radius 3 is 2.30 bits per heavy atom. The normalized spacial score (nSPS) is 12.8. The molecule has 2 aromatic rings. The van der Waals surface area contributed by atoms with Crippen LogP contribution in [0.3, 0.4) is 0 Å². The highest BCUT2D eigenvalue weighted by atomic mass is 16.5. The van der Waals surface area contributed by atoms with Crippen LogP contribution >= 0.6 is 0 Å². The lowest BCUT2D eigenvalue weighted by atomic mass is 9.97. The molecule has 0 saturated heterocycles. The second-order valence-corrected chi connectivity index (χ2v) is 5.02. The van der Waals surface area contributed by atoms with Crippen molar-refractivity contribution in [2.75, 3.05) is 14.2 Å². The lowest BCUT2D eigenvalue weighted by Crippen LogP contribution is -1.98. The van der Waals surface area contributed by atoms with Crippen molar-refractivity contribution < 1.29 is 9.47 Å². The zero-order valence-corrected chi connectivity index (χ0v) is 12.1. The molecule has 0 bridgehead atoms. The van der Waals surface area contributed by atoms with Crippen LogP contribution in [0, 0.1) is 6.92 Å². The molecule has 0 amide bonds. The molecule has 0 aromatic heterocycles. The molecule has 3 rings (SSSR count). The number of methoxy groups -OCH3 is 2. The molecule has 1 aliphatic rings. The van der Waals surface area contributed by atoms with E-state index in [0.717, 1.165) is 29.0 Å². The van der Waals surface area contributed by atoms with E-state index in [2.05, 4.69) is 37.3 Å². The minimum Gasteiger partial charge on any atom is -0.496 e. The van der Waals surface area contributed by atoms with Gasteiger partial charge in [0.25, 0.3) is 0 Å². The van der Waals surface area contributed by atoms with Crippen LogP contribution in [0.15, 0.2) is 36.4 Å². The molecule has 1 aliphatic carbocycles. The number of rotatable bonds is 3. The molecular formula is C18H18O2. The number of allylic oxidation sites excluding steroid dienone is 1. The van der Waals surface area contributed by atoms with E-state index in [9.17, 15) is 0 Å². The van der Waals surface area contributed by atoms with Crippen LogP contribution in [0.1, 0.15) is 22.3 Å². The molecule has 102 valence electrons. The predicted molar refractivity (Wildman–Crippen MR) is 82.3 cm³/mol. The van der Waals surface area contributed by atoms with E-state index < -0.39 is 0 Å². The first-order valence-electron chi connectivity index (χ1n) is 6.75. The van der Waals surface area contributed by atoms with Gasteiger partial charge in [-0.25, -0.2) is 0 Å². The Bertz CT molecular complexity index is 684. The third-order valence-corrected chi connectivity index (χ3v) is 3.90. The van der Waals surface area contributed by atoms with Crippen LogP contribution in [0.2, 0.25) is 0 Å². The molecule has 0 unspecified atom stereocenters. The van der Waals surface area contributed by atoms with Crippen LogP contribution in [0.4, 0.5) is 0 Å². The van der Waals surface area contributed by atoms with Gasteiger partial charge in [-0.15, -0.1) is 0 Å². The topological polar surface area (TPSA) is 18.5 Å². The number of hydrogen-bond acceptors (Lipinski definition) is 2. The van der Waals surface area contributed by atoms with Crippen molar-refractivity contribution in [1.82, 2.24) is 0 Å². The fourth-order valence-corrected chi connectivity index (χ4v) is 2.90. The molecule has 0 aliphatic heterocycles. The second-order valence-electron chi connectivity index (χ2n) is 5.02. The molecule has 2 aromatic carbocycles. The van der Waals surface area contributed by atoms with E-state index in [1.54, 1.807) is 14.2 Å². The molecule has 0 spiro atoms. The fourth-order valence-electron chi connectivity index (χ4n) is 2.90. The van der Waals surface area contributed by atoms with Crippen molar-refractivity contribution in [1.29, 1.82) is 0 Å². The molecule has 0 atom stereocenters. The minimum atomic E-state index is 0.901. The van der Waals surface area contributed by atoms with E-state index in [1.807, 2.05) is 12.1 Å². The van der Waals surface area contributed by atoms with Gasteiger partial charge in [-0.1, -0.05) is 30.3 Å². The maximum absolute atomic E-state index is 5.54. The average Bonchev–Trinajstić information content (AvgIpc) is 2.90. The highest BCUT2D eigenvalue weighted by molar-refractivity contribution is 5.91. The molecule has 0 N–H and O–H groups in total. The van der Waals surface area contributed by atoms with E-state index in [0.29, 0.717) is 0 Å². The Labute approximate surface area is 119 Å². The van der Waals surface area contributed by atoms with E-state index in [4.69, 9.17) is 9.47 Å². The number of fused-ring (bicyclic) bond motifs is 1. The molecule has 0 radical (unpaired) electrons. The number of hydrogen-bond donors (Lipinski definition) is 0. The summed E-state index contributed by atoms with van der Waals surface area (Å²) in [5.74, 6) is 1.81. The third-order valence-electron chi connectivity index (χ3n) is 3.90. The zero-order chi connectivity index (χ0) is 14.1. The highest BCUT2D eigenvalue weighted by Gasteiger charge is 2.20. The van der Waals surface area contributed by atoms with Crippen molar-refractivity contribution in [2.24, 2.45) is 0 Å². The summed E-state index contributed by atoms with van der Waals surface area (Å²) in [7, 11) is 3.42. The molecule has 0 heterocycles. The SMILES string of the molecule is COc1ccc(OC)c(C2=Cc3ccccc3C2)c1C. The maximum Gasteiger partial charge on any atom is 0.126 e. The van der Waals surface area contributed by atoms with Crippen molar-refractivity contribution in [3.63, 3.8) is 0 Å². The fraction of sp³-hybridized carbons (Fsp3) is 0.222. The van der Waals surface area contributed by atoms with Gasteiger partial charge in [0.15, 0.2) is 0 Å². The molecule has 0 fully saturated rings. The smallest absolute Gasteiger partial charge is 0.126 e. The molecule has 2 heteroatoms. The van der Waals surface area contributed by atoms with Crippen LogP contribution in [0.5, 0.6) is 11.5 Å². The van der Waals surface area contributed by atoms with Gasteiger partial charge in [-0.3, -0.25) is 0 Å². The lowest BCUT2D eigenvalue weighted by molar-refractivity contribution is 0.399. The van der Waals surface area contributed by atoms with Gasteiger partial charge in [-0.2, -0.15) is 0 Å². The van der Waals surface area contributed by atoms with Gasteiger partial charge < -0.3 is 9.47 Å². The Kier molecular flexibility index (Phi) is 3.23. The highest BCUT2D eigenvalue weighted by Crippen LogP contribution is 2.40. The van der Waals surface area contributed by atoms with Crippen LogP contribution in [-0.2, 0) is 6.42 Å². The maximum atomic E-state index is 5.54. The summed E-state index contributed by atoms with van der Waals surface area (Å²) in [5.41, 5.74) is 6.24. The summed E-state index contributed by atoms with van der Waals surface area (Å²) in [6, 6.07) is 12.4. The van der Waals surface area contributed by atoms with Gasteiger partial charge in [0.05, 0.1) is 14.2 Å². The van der Waals surface area contributed by atoms with E-state index in [-0.39, 0.29) is 0 Å². The van der Waals surface area contributed by atoms with Gasteiger partial charge in [0.2, 0.25) is 0 Å². The minimum absolute atomic E-state index is 0.901. The Hall–Kier alpha value is -2.22. The van der Waals surface area contributed by atoms with E-state index >= 15 is 0 Å².